The van der Waals surface area contributed by atoms with Crippen molar-refractivity contribution in [3.05, 3.63) is 53.3 Å². The second kappa shape index (κ2) is 12.3. The Labute approximate surface area is 198 Å². The van der Waals surface area contributed by atoms with Crippen molar-refractivity contribution in [1.29, 1.82) is 0 Å². The molecule has 2 aromatic rings. The number of nitrogens with one attached hydrogen (secondary N) is 1. The molecule has 2 rings (SSSR count). The van der Waals surface area contributed by atoms with Crippen LogP contribution in [0.25, 0.3) is 0 Å². The summed E-state index contributed by atoms with van der Waals surface area (Å²) in [5.41, 5.74) is 1.13. The van der Waals surface area contributed by atoms with Crippen molar-refractivity contribution in [1.82, 2.24) is 0 Å². The van der Waals surface area contributed by atoms with Gasteiger partial charge in [-0.25, -0.2) is 13.2 Å². The van der Waals surface area contributed by atoms with Crippen LogP contribution in [0, 0.1) is 29.3 Å². The number of thioether (sulfide) groups is 1. The molecule has 3 unspecified atom stereocenters. The minimum Gasteiger partial charge on any atom is -0.396 e. The van der Waals surface area contributed by atoms with Crippen molar-refractivity contribution in [3.63, 3.8) is 0 Å². The fourth-order valence-electron chi connectivity index (χ4n) is 3.75. The third-order valence-electron chi connectivity index (χ3n) is 5.60. The molecule has 182 valence electrons. The summed E-state index contributed by atoms with van der Waals surface area (Å²) in [6.45, 7) is 6.49. The summed E-state index contributed by atoms with van der Waals surface area (Å²) in [6.07, 6.45) is 3.00. The van der Waals surface area contributed by atoms with Gasteiger partial charge in [0, 0.05) is 59.9 Å². The molecule has 0 fully saturated rings. The molecule has 0 saturated heterocycles. The van der Waals surface area contributed by atoms with Gasteiger partial charge in [-0.2, -0.15) is 0 Å². The number of halogens is 3. The van der Waals surface area contributed by atoms with Gasteiger partial charge in [-0.05, 0) is 42.9 Å². The minimum absolute atomic E-state index is 0.154. The fraction of sp³-hybridized carbons (Fsp3) is 0.480. The van der Waals surface area contributed by atoms with Gasteiger partial charge in [0.1, 0.15) is 0 Å². The molecule has 0 aliphatic carbocycles. The number of nitrogens with zero attached hydrogens (tertiary/aromatic N) is 1. The number of hydrogen-bond donors (Lipinski definition) is 2. The quantitative estimate of drug-likeness (QED) is 0.290. The Kier molecular flexibility index (Phi) is 10.1. The Morgan fingerprint density at radius 1 is 1.12 bits per heavy atom. The van der Waals surface area contributed by atoms with E-state index in [-0.39, 0.29) is 23.5 Å². The first kappa shape index (κ1) is 27.1. The molecule has 0 aromatic heterocycles. The summed E-state index contributed by atoms with van der Waals surface area (Å²) >= 11 is 1.67. The number of hydrogen-bond acceptors (Lipinski definition) is 4. The second-order valence-electron chi connectivity index (χ2n) is 8.68. The Bertz CT molecular complexity index is 932. The molecule has 1 amide bonds. The number of anilines is 2. The molecule has 0 spiro atoms. The van der Waals surface area contributed by atoms with Gasteiger partial charge in [-0.1, -0.05) is 27.2 Å². The molecular formula is C25H33F3N2O2S. The third kappa shape index (κ3) is 7.40. The van der Waals surface area contributed by atoms with Crippen LogP contribution in [0.15, 0.2) is 35.2 Å². The van der Waals surface area contributed by atoms with Gasteiger partial charge >= 0.3 is 0 Å². The standard InChI is InChI=1S/C25H33F3N2O2S/c1-6-7-17(10-15(2)14-31)16(3)33-23-11-18(8-9-22(23)30(4)5)25(32)29-19-12-20(26)24(28)21(27)13-19/h8-9,11-13,15-17,31H,6-7,10,14H2,1-5H3,(H,29,32). The molecule has 2 N–H and O–H groups in total. The van der Waals surface area contributed by atoms with Gasteiger partial charge in [-0.15, -0.1) is 11.8 Å². The van der Waals surface area contributed by atoms with E-state index >= 15 is 0 Å². The van der Waals surface area contributed by atoms with E-state index in [4.69, 9.17) is 0 Å². The zero-order valence-electron chi connectivity index (χ0n) is 19.8. The highest BCUT2D eigenvalue weighted by Gasteiger charge is 2.22. The van der Waals surface area contributed by atoms with Crippen LogP contribution in [0.4, 0.5) is 24.5 Å². The first-order chi connectivity index (χ1) is 15.6. The lowest BCUT2D eigenvalue weighted by Gasteiger charge is -2.27. The highest BCUT2D eigenvalue weighted by Crippen LogP contribution is 2.38. The van der Waals surface area contributed by atoms with E-state index in [9.17, 15) is 23.1 Å². The average molecular weight is 483 g/mol. The Morgan fingerprint density at radius 2 is 1.76 bits per heavy atom. The van der Waals surface area contributed by atoms with Gasteiger partial charge in [0.15, 0.2) is 17.5 Å². The van der Waals surface area contributed by atoms with Crippen LogP contribution in [-0.2, 0) is 0 Å². The maximum atomic E-state index is 13.5. The molecule has 0 heterocycles. The van der Waals surface area contributed by atoms with Crippen LogP contribution in [0.5, 0.6) is 0 Å². The SMILES string of the molecule is CCCC(CC(C)CO)C(C)Sc1cc(C(=O)Nc2cc(F)c(F)c(F)c2)ccc1N(C)C. The van der Waals surface area contributed by atoms with Crippen molar-refractivity contribution in [3.8, 4) is 0 Å². The first-order valence-corrected chi connectivity index (χ1v) is 12.0. The summed E-state index contributed by atoms with van der Waals surface area (Å²) in [5.74, 6) is -4.23. The largest absolute Gasteiger partial charge is 0.396 e. The van der Waals surface area contributed by atoms with Crippen LogP contribution in [0.1, 0.15) is 50.4 Å². The van der Waals surface area contributed by atoms with Crippen molar-refractivity contribution in [2.75, 3.05) is 30.9 Å². The number of aliphatic hydroxyl groups is 1. The van der Waals surface area contributed by atoms with Crippen LogP contribution in [-0.4, -0.2) is 37.0 Å². The Balaban J connectivity index is 2.28. The highest BCUT2D eigenvalue weighted by atomic mass is 32.2. The second-order valence-corrected chi connectivity index (χ2v) is 10.1. The lowest BCUT2D eigenvalue weighted by Crippen LogP contribution is -2.20. The molecule has 8 heteroatoms. The molecule has 0 saturated carbocycles. The zero-order valence-corrected chi connectivity index (χ0v) is 20.6. The minimum atomic E-state index is -1.58. The molecule has 4 nitrogen and oxygen atoms in total. The summed E-state index contributed by atoms with van der Waals surface area (Å²) in [4.78, 5) is 15.6. The number of amides is 1. The summed E-state index contributed by atoms with van der Waals surface area (Å²) in [5, 5.41) is 12.2. The predicted octanol–water partition coefficient (Wildman–Crippen LogP) is 6.34. The van der Waals surface area contributed by atoms with E-state index in [1.807, 2.05) is 32.0 Å². The first-order valence-electron chi connectivity index (χ1n) is 11.1. The van der Waals surface area contributed by atoms with E-state index < -0.39 is 23.4 Å². The monoisotopic (exact) mass is 482 g/mol. The van der Waals surface area contributed by atoms with E-state index in [2.05, 4.69) is 19.2 Å². The smallest absolute Gasteiger partial charge is 0.255 e. The molecule has 0 bridgehead atoms. The topological polar surface area (TPSA) is 52.6 Å². The molecule has 33 heavy (non-hydrogen) atoms. The van der Waals surface area contributed by atoms with E-state index in [1.165, 1.54) is 0 Å². The average Bonchev–Trinajstić information content (AvgIpc) is 2.76. The maximum absolute atomic E-state index is 13.5. The molecular weight excluding hydrogens is 449 g/mol. The molecule has 0 radical (unpaired) electrons. The van der Waals surface area contributed by atoms with Crippen molar-refractivity contribution < 1.29 is 23.1 Å². The molecule has 0 aliphatic heterocycles. The van der Waals surface area contributed by atoms with Crippen LogP contribution >= 0.6 is 11.8 Å². The van der Waals surface area contributed by atoms with Gasteiger partial charge in [0.2, 0.25) is 0 Å². The molecule has 2 aromatic carbocycles. The van der Waals surface area contributed by atoms with Crippen LogP contribution in [0.3, 0.4) is 0 Å². The fourth-order valence-corrected chi connectivity index (χ4v) is 5.16. The van der Waals surface area contributed by atoms with Crippen LogP contribution in [0.2, 0.25) is 0 Å². The number of carbonyl (C=O) groups is 1. The van der Waals surface area contributed by atoms with Gasteiger partial charge < -0.3 is 15.3 Å². The summed E-state index contributed by atoms with van der Waals surface area (Å²) < 4.78 is 40.2. The lowest BCUT2D eigenvalue weighted by atomic mass is 9.90. The van der Waals surface area contributed by atoms with E-state index in [0.717, 1.165) is 42.0 Å². The van der Waals surface area contributed by atoms with Crippen LogP contribution < -0.4 is 10.2 Å². The van der Waals surface area contributed by atoms with Gasteiger partial charge in [0.05, 0.1) is 0 Å². The highest BCUT2D eigenvalue weighted by molar-refractivity contribution is 8.00. The summed E-state index contributed by atoms with van der Waals surface area (Å²) in [6, 6.07) is 6.74. The molecule has 3 atom stereocenters. The normalized spacial score (nSPS) is 14.0. The van der Waals surface area contributed by atoms with Gasteiger partial charge in [0.25, 0.3) is 5.91 Å². The Morgan fingerprint density at radius 3 is 2.30 bits per heavy atom. The number of carbonyl (C=O) groups excluding carboxylic acids is 1. The number of aliphatic hydroxyl groups excluding tert-OH is 1. The van der Waals surface area contributed by atoms with Crippen molar-refractivity contribution >= 4 is 29.0 Å². The van der Waals surface area contributed by atoms with Crippen molar-refractivity contribution in [2.24, 2.45) is 11.8 Å². The summed E-state index contributed by atoms with van der Waals surface area (Å²) in [7, 11) is 3.84. The van der Waals surface area contributed by atoms with Gasteiger partial charge in [-0.3, -0.25) is 4.79 Å². The Hall–Kier alpha value is -2.19. The maximum Gasteiger partial charge on any atom is 0.255 e. The van der Waals surface area contributed by atoms with E-state index in [1.54, 1.807) is 23.9 Å². The van der Waals surface area contributed by atoms with Crippen molar-refractivity contribution in [2.45, 2.75) is 50.2 Å². The number of rotatable bonds is 11. The zero-order chi connectivity index (χ0) is 24.7. The van der Waals surface area contributed by atoms with E-state index in [0.29, 0.717) is 11.5 Å². The lowest BCUT2D eigenvalue weighted by molar-refractivity contribution is 0.102. The number of benzene rings is 2. The molecule has 0 aliphatic rings. The third-order valence-corrected chi connectivity index (χ3v) is 6.94. The predicted molar refractivity (Wildman–Crippen MR) is 130 cm³/mol.